The Morgan fingerprint density at radius 1 is 0.424 bits per heavy atom. The highest BCUT2D eigenvalue weighted by atomic mass is 15.3. The average molecular weight is 758 g/mol. The van der Waals surface area contributed by atoms with Crippen molar-refractivity contribution in [1.29, 1.82) is 0 Å². The fourth-order valence-corrected chi connectivity index (χ4v) is 8.67. The van der Waals surface area contributed by atoms with E-state index in [4.69, 9.17) is 4.99 Å². The Morgan fingerprint density at radius 3 is 1.63 bits per heavy atom. The molecule has 2 aliphatic rings. The van der Waals surface area contributed by atoms with Gasteiger partial charge in [-0.3, -0.25) is 4.98 Å². The van der Waals surface area contributed by atoms with Gasteiger partial charge in [0.2, 0.25) is 0 Å². The smallest absolute Gasteiger partial charge is 0.134 e. The first-order valence-corrected chi connectivity index (χ1v) is 20.1. The highest BCUT2D eigenvalue weighted by Crippen LogP contribution is 2.53. The Balaban J connectivity index is 0.908. The first kappa shape index (κ1) is 34.5. The number of hydrogen-bond donors (Lipinski definition) is 2. The van der Waals surface area contributed by atoms with Gasteiger partial charge in [-0.15, -0.1) is 0 Å². The van der Waals surface area contributed by atoms with Crippen LogP contribution in [0.1, 0.15) is 34.5 Å². The molecule has 0 amide bonds. The molecule has 0 saturated heterocycles. The molecule has 0 spiro atoms. The Labute approximate surface area is 343 Å². The molecular formula is C54H39N5. The van der Waals surface area contributed by atoms with E-state index >= 15 is 0 Å². The quantitative estimate of drug-likeness (QED) is 0.159. The zero-order chi connectivity index (χ0) is 39.1. The molecule has 280 valence electrons. The third-order valence-electron chi connectivity index (χ3n) is 11.6. The van der Waals surface area contributed by atoms with Gasteiger partial charge in [-0.2, -0.15) is 0 Å². The van der Waals surface area contributed by atoms with E-state index in [1.54, 1.807) is 0 Å². The van der Waals surface area contributed by atoms with E-state index < -0.39 is 0 Å². The normalized spacial score (nSPS) is 15.9. The molecule has 5 nitrogen and oxygen atoms in total. The van der Waals surface area contributed by atoms with Crippen molar-refractivity contribution >= 4 is 50.1 Å². The summed E-state index contributed by atoms with van der Waals surface area (Å²) in [5.41, 5.74) is 13.6. The van der Waals surface area contributed by atoms with E-state index in [1.807, 2.05) is 18.5 Å². The maximum Gasteiger partial charge on any atom is 0.134 e. The number of fused-ring (bicyclic) bond motifs is 6. The lowest BCUT2D eigenvalue weighted by molar-refractivity contribution is 0.781. The maximum atomic E-state index is 5.16. The maximum absolute atomic E-state index is 5.16. The molecule has 3 heterocycles. The number of benzene rings is 8. The molecule has 0 saturated carbocycles. The van der Waals surface area contributed by atoms with Crippen LogP contribution in [0.2, 0.25) is 0 Å². The lowest BCUT2D eigenvalue weighted by Gasteiger charge is -2.28. The van der Waals surface area contributed by atoms with Crippen LogP contribution >= 0.6 is 0 Å². The first-order chi connectivity index (χ1) is 29.2. The molecule has 11 rings (SSSR count). The van der Waals surface area contributed by atoms with Crippen molar-refractivity contribution in [2.75, 3.05) is 10.2 Å². The Bertz CT molecular complexity index is 3010. The van der Waals surface area contributed by atoms with Crippen LogP contribution < -0.4 is 15.5 Å². The second-order valence-corrected chi connectivity index (χ2v) is 15.1. The van der Waals surface area contributed by atoms with Crippen LogP contribution in [0.15, 0.2) is 218 Å². The fraction of sp³-hybridized carbons (Fsp3) is 0.0370. The molecule has 2 aliphatic heterocycles. The molecule has 1 aromatic heterocycles. The second-order valence-electron chi connectivity index (χ2n) is 15.1. The van der Waals surface area contributed by atoms with Crippen LogP contribution in [0.3, 0.4) is 0 Å². The van der Waals surface area contributed by atoms with Gasteiger partial charge < -0.3 is 15.5 Å². The van der Waals surface area contributed by atoms with Crippen LogP contribution in [0.25, 0.3) is 49.5 Å². The zero-order valence-corrected chi connectivity index (χ0v) is 32.2. The van der Waals surface area contributed by atoms with Crippen LogP contribution in [-0.4, -0.2) is 10.8 Å². The zero-order valence-electron chi connectivity index (χ0n) is 32.2. The monoisotopic (exact) mass is 757 g/mol. The van der Waals surface area contributed by atoms with Gasteiger partial charge in [-0.1, -0.05) is 176 Å². The summed E-state index contributed by atoms with van der Waals surface area (Å²) in [6, 6.07) is 68.9. The Morgan fingerprint density at radius 2 is 0.949 bits per heavy atom. The molecule has 2 unspecified atom stereocenters. The van der Waals surface area contributed by atoms with Gasteiger partial charge in [0.25, 0.3) is 0 Å². The number of anilines is 3. The molecule has 0 aliphatic carbocycles. The van der Waals surface area contributed by atoms with E-state index in [1.165, 1.54) is 38.4 Å². The van der Waals surface area contributed by atoms with Crippen molar-refractivity contribution in [2.24, 2.45) is 4.99 Å². The van der Waals surface area contributed by atoms with E-state index in [0.29, 0.717) is 0 Å². The van der Waals surface area contributed by atoms with Crippen LogP contribution in [-0.2, 0) is 0 Å². The highest BCUT2D eigenvalue weighted by molar-refractivity contribution is 6.22. The van der Waals surface area contributed by atoms with E-state index in [0.717, 1.165) is 56.2 Å². The number of aromatic nitrogens is 1. The number of nitrogens with one attached hydrogen (secondary N) is 2. The number of para-hydroxylation sites is 1. The van der Waals surface area contributed by atoms with Crippen LogP contribution in [0.5, 0.6) is 0 Å². The summed E-state index contributed by atoms with van der Waals surface area (Å²) in [6.07, 6.45) is 6.02. The summed E-state index contributed by atoms with van der Waals surface area (Å²) in [4.78, 5) is 12.2. The largest absolute Gasteiger partial charge is 0.359 e. The van der Waals surface area contributed by atoms with Crippen LogP contribution in [0.4, 0.5) is 17.1 Å². The Hall–Kier alpha value is -7.76. The van der Waals surface area contributed by atoms with Crippen molar-refractivity contribution in [3.8, 4) is 22.3 Å². The third-order valence-corrected chi connectivity index (χ3v) is 11.6. The molecular weight excluding hydrogens is 719 g/mol. The topological polar surface area (TPSA) is 52.6 Å². The molecule has 0 radical (unpaired) electrons. The van der Waals surface area contributed by atoms with Crippen molar-refractivity contribution in [2.45, 2.75) is 12.2 Å². The van der Waals surface area contributed by atoms with Gasteiger partial charge in [-0.25, -0.2) is 4.99 Å². The molecule has 59 heavy (non-hydrogen) atoms. The molecule has 5 heteroatoms. The van der Waals surface area contributed by atoms with Gasteiger partial charge in [-0.05, 0) is 74.0 Å². The number of nitrogens with zero attached hydrogens (tertiary/aromatic N) is 3. The predicted molar refractivity (Wildman–Crippen MR) is 245 cm³/mol. The van der Waals surface area contributed by atoms with Crippen molar-refractivity contribution < 1.29 is 0 Å². The molecule has 9 aromatic rings. The summed E-state index contributed by atoms with van der Waals surface area (Å²) in [5.74, 6) is 0.865. The van der Waals surface area contributed by atoms with Gasteiger partial charge >= 0.3 is 0 Å². The summed E-state index contributed by atoms with van der Waals surface area (Å²) in [7, 11) is 0. The van der Waals surface area contributed by atoms with Crippen LogP contribution in [0, 0.1) is 0 Å². The molecule has 2 atom stereocenters. The SMILES string of the molecule is C1=C(c2ccc(-c3ccc(C4Nc5c(c6cnccc6c6ccccc56)N4c4ccccc4)cc3)cc2)N=C(c2ccccc2)NC1c1ccc(-c2ccccc2)cc1. The van der Waals surface area contributed by atoms with Crippen molar-refractivity contribution in [3.05, 3.63) is 235 Å². The summed E-state index contributed by atoms with van der Waals surface area (Å²) in [5, 5.41) is 12.4. The first-order valence-electron chi connectivity index (χ1n) is 20.1. The van der Waals surface area contributed by atoms with Gasteiger partial charge in [0.15, 0.2) is 0 Å². The minimum Gasteiger partial charge on any atom is -0.359 e. The standard InChI is InChI=1S/C54H39N5/c1-4-12-36(13-5-1)37-20-26-40(27-21-37)49-34-50(57-53(56-49)42-14-6-2-7-15-42)41-28-22-38(23-29-41)39-24-30-43(31-25-39)54-58-51-47-19-11-10-18-45(47)46-32-33-55-35-48(46)52(51)59(54)44-16-8-3-9-17-44/h1-35,49,54,58H,(H,56,57). The molecule has 0 fully saturated rings. The summed E-state index contributed by atoms with van der Waals surface area (Å²) >= 11 is 0. The van der Waals surface area contributed by atoms with E-state index in [-0.39, 0.29) is 12.2 Å². The highest BCUT2D eigenvalue weighted by Gasteiger charge is 2.34. The average Bonchev–Trinajstić information content (AvgIpc) is 3.74. The van der Waals surface area contributed by atoms with Crippen molar-refractivity contribution in [1.82, 2.24) is 10.3 Å². The molecule has 2 N–H and O–H groups in total. The predicted octanol–water partition coefficient (Wildman–Crippen LogP) is 13.1. The van der Waals surface area contributed by atoms with E-state index in [9.17, 15) is 0 Å². The third kappa shape index (κ3) is 6.30. The Kier molecular flexibility index (Phi) is 8.55. The molecule has 8 aromatic carbocycles. The second kappa shape index (κ2) is 14.6. The lowest BCUT2D eigenvalue weighted by Crippen LogP contribution is -2.31. The number of amidine groups is 1. The van der Waals surface area contributed by atoms with E-state index in [2.05, 4.69) is 215 Å². The number of aliphatic imine (C=N–C) groups is 1. The minimum absolute atomic E-state index is 0.0345. The van der Waals surface area contributed by atoms with Gasteiger partial charge in [0, 0.05) is 34.4 Å². The van der Waals surface area contributed by atoms with Crippen molar-refractivity contribution in [3.63, 3.8) is 0 Å². The summed E-state index contributed by atoms with van der Waals surface area (Å²) < 4.78 is 0. The van der Waals surface area contributed by atoms with Gasteiger partial charge in [0.1, 0.15) is 12.0 Å². The van der Waals surface area contributed by atoms with Gasteiger partial charge in [0.05, 0.1) is 23.1 Å². The molecule has 0 bridgehead atoms. The number of rotatable bonds is 7. The number of hydrogen-bond acceptors (Lipinski definition) is 5. The lowest BCUT2D eigenvalue weighted by atomic mass is 9.96. The number of pyridine rings is 1. The fourth-order valence-electron chi connectivity index (χ4n) is 8.67. The minimum atomic E-state index is -0.107. The summed E-state index contributed by atoms with van der Waals surface area (Å²) in [6.45, 7) is 0.